The van der Waals surface area contributed by atoms with Gasteiger partial charge in [0.25, 0.3) is 5.91 Å². The standard InChI is InChI=1S/C17H17N3O3/c1-11(21)20-16-7-6-15(23-16)17(22)18-9-8-12-10-19-14-5-3-2-4-13(12)14/h2-7,10,19H,8-9H2,1H3,(H,18,22)(H,20,21). The molecule has 0 aliphatic heterocycles. The maximum atomic E-state index is 12.0. The van der Waals surface area contributed by atoms with E-state index in [9.17, 15) is 9.59 Å². The van der Waals surface area contributed by atoms with Crippen LogP contribution in [-0.4, -0.2) is 23.3 Å². The quantitative estimate of drug-likeness (QED) is 0.677. The minimum absolute atomic E-state index is 0.174. The maximum absolute atomic E-state index is 12.0. The van der Waals surface area contributed by atoms with E-state index in [-0.39, 0.29) is 23.5 Å². The number of para-hydroxylation sites is 1. The predicted molar refractivity (Wildman–Crippen MR) is 87.3 cm³/mol. The summed E-state index contributed by atoms with van der Waals surface area (Å²) < 4.78 is 5.26. The van der Waals surface area contributed by atoms with E-state index >= 15 is 0 Å². The molecule has 0 saturated carbocycles. The summed E-state index contributed by atoms with van der Waals surface area (Å²) >= 11 is 0. The van der Waals surface area contributed by atoms with Crippen molar-refractivity contribution in [3.05, 3.63) is 53.9 Å². The number of carbonyl (C=O) groups is 2. The van der Waals surface area contributed by atoms with Crippen molar-refractivity contribution in [3.8, 4) is 0 Å². The van der Waals surface area contributed by atoms with Crippen LogP contribution < -0.4 is 10.6 Å². The molecule has 0 fully saturated rings. The third kappa shape index (κ3) is 3.42. The van der Waals surface area contributed by atoms with E-state index in [1.165, 1.54) is 13.0 Å². The molecule has 0 atom stereocenters. The van der Waals surface area contributed by atoms with Crippen LogP contribution in [0.5, 0.6) is 0 Å². The van der Waals surface area contributed by atoms with Gasteiger partial charge in [-0.05, 0) is 24.1 Å². The van der Waals surface area contributed by atoms with Crippen molar-refractivity contribution in [2.45, 2.75) is 13.3 Å². The Hall–Kier alpha value is -3.02. The molecule has 0 bridgehead atoms. The SMILES string of the molecule is CC(=O)Nc1ccc(C(=O)NCCc2c[nH]c3ccccc23)o1. The second-order valence-electron chi connectivity index (χ2n) is 5.21. The van der Waals surface area contributed by atoms with Crippen LogP contribution in [0.1, 0.15) is 23.0 Å². The number of anilines is 1. The van der Waals surface area contributed by atoms with Crippen LogP contribution in [0.15, 0.2) is 47.0 Å². The van der Waals surface area contributed by atoms with Crippen molar-refractivity contribution in [1.29, 1.82) is 0 Å². The topological polar surface area (TPSA) is 87.1 Å². The first-order valence-electron chi connectivity index (χ1n) is 7.34. The van der Waals surface area contributed by atoms with E-state index in [1.807, 2.05) is 24.4 Å². The molecule has 1 aromatic carbocycles. The second kappa shape index (κ2) is 6.39. The van der Waals surface area contributed by atoms with Gasteiger partial charge in [0, 0.05) is 36.6 Å². The molecule has 23 heavy (non-hydrogen) atoms. The number of aromatic nitrogens is 1. The van der Waals surface area contributed by atoms with Crippen molar-refractivity contribution in [3.63, 3.8) is 0 Å². The van der Waals surface area contributed by atoms with Crippen molar-refractivity contribution < 1.29 is 14.0 Å². The first-order valence-corrected chi connectivity index (χ1v) is 7.34. The highest BCUT2D eigenvalue weighted by Gasteiger charge is 2.11. The summed E-state index contributed by atoms with van der Waals surface area (Å²) in [4.78, 5) is 26.1. The number of fused-ring (bicyclic) bond motifs is 1. The van der Waals surface area contributed by atoms with E-state index < -0.39 is 0 Å². The summed E-state index contributed by atoms with van der Waals surface area (Å²) in [5, 5.41) is 6.46. The summed E-state index contributed by atoms with van der Waals surface area (Å²) in [6, 6.07) is 11.1. The lowest BCUT2D eigenvalue weighted by Crippen LogP contribution is -2.25. The molecule has 3 rings (SSSR count). The molecule has 6 heteroatoms. The van der Waals surface area contributed by atoms with Gasteiger partial charge in [-0.1, -0.05) is 18.2 Å². The summed E-state index contributed by atoms with van der Waals surface area (Å²) in [7, 11) is 0. The zero-order valence-corrected chi connectivity index (χ0v) is 12.7. The van der Waals surface area contributed by atoms with Gasteiger partial charge in [-0.2, -0.15) is 0 Å². The normalized spacial score (nSPS) is 10.7. The molecule has 6 nitrogen and oxygen atoms in total. The molecule has 0 unspecified atom stereocenters. The number of nitrogens with one attached hydrogen (secondary N) is 3. The molecular weight excluding hydrogens is 294 g/mol. The van der Waals surface area contributed by atoms with Crippen LogP contribution in [0, 0.1) is 0 Å². The number of benzene rings is 1. The van der Waals surface area contributed by atoms with E-state index in [2.05, 4.69) is 21.7 Å². The van der Waals surface area contributed by atoms with Crippen LogP contribution >= 0.6 is 0 Å². The summed E-state index contributed by atoms with van der Waals surface area (Å²) in [5.41, 5.74) is 2.24. The van der Waals surface area contributed by atoms with Gasteiger partial charge in [0.2, 0.25) is 5.91 Å². The summed E-state index contributed by atoms with van der Waals surface area (Å²) in [6.07, 6.45) is 2.67. The van der Waals surface area contributed by atoms with Gasteiger partial charge in [-0.25, -0.2) is 0 Å². The Morgan fingerprint density at radius 1 is 1.17 bits per heavy atom. The number of hydrogen-bond donors (Lipinski definition) is 3. The highest BCUT2D eigenvalue weighted by atomic mass is 16.4. The zero-order chi connectivity index (χ0) is 16.2. The number of amides is 2. The Labute approximate surface area is 132 Å². The first-order chi connectivity index (χ1) is 11.1. The largest absolute Gasteiger partial charge is 0.435 e. The van der Waals surface area contributed by atoms with Crippen LogP contribution in [0.4, 0.5) is 5.88 Å². The summed E-state index contributed by atoms with van der Waals surface area (Å²) in [5.74, 6) is -0.112. The zero-order valence-electron chi connectivity index (χ0n) is 12.7. The van der Waals surface area contributed by atoms with Crippen molar-refractivity contribution in [2.24, 2.45) is 0 Å². The number of H-pyrrole nitrogens is 1. The first kappa shape index (κ1) is 14.9. The Balaban J connectivity index is 1.57. The minimum Gasteiger partial charge on any atom is -0.435 e. The van der Waals surface area contributed by atoms with Crippen molar-refractivity contribution in [1.82, 2.24) is 10.3 Å². The van der Waals surface area contributed by atoms with Gasteiger partial charge < -0.3 is 14.7 Å². The van der Waals surface area contributed by atoms with Gasteiger partial charge in [0.05, 0.1) is 0 Å². The molecule has 0 aliphatic carbocycles. The molecule has 0 saturated heterocycles. The highest BCUT2D eigenvalue weighted by Crippen LogP contribution is 2.18. The van der Waals surface area contributed by atoms with Gasteiger partial charge in [-0.3, -0.25) is 14.9 Å². The fraction of sp³-hybridized carbons (Fsp3) is 0.176. The van der Waals surface area contributed by atoms with Crippen LogP contribution in [-0.2, 0) is 11.2 Å². The minimum atomic E-state index is -0.304. The number of aromatic amines is 1. The average molecular weight is 311 g/mol. The maximum Gasteiger partial charge on any atom is 0.287 e. The van der Waals surface area contributed by atoms with E-state index in [0.29, 0.717) is 6.54 Å². The fourth-order valence-electron chi connectivity index (χ4n) is 2.44. The smallest absolute Gasteiger partial charge is 0.287 e. The number of carbonyl (C=O) groups excluding carboxylic acids is 2. The molecule has 2 amide bonds. The van der Waals surface area contributed by atoms with Crippen LogP contribution in [0.3, 0.4) is 0 Å². The lowest BCUT2D eigenvalue weighted by molar-refractivity contribution is -0.114. The number of hydrogen-bond acceptors (Lipinski definition) is 3. The molecule has 2 heterocycles. The highest BCUT2D eigenvalue weighted by molar-refractivity contribution is 5.93. The van der Waals surface area contributed by atoms with Gasteiger partial charge in [0.1, 0.15) is 0 Å². The number of rotatable bonds is 5. The molecular formula is C17H17N3O3. The van der Waals surface area contributed by atoms with E-state index in [1.54, 1.807) is 6.07 Å². The molecule has 0 aliphatic rings. The number of furan rings is 1. The van der Waals surface area contributed by atoms with Gasteiger partial charge in [0.15, 0.2) is 11.6 Å². The van der Waals surface area contributed by atoms with Crippen molar-refractivity contribution in [2.75, 3.05) is 11.9 Å². The summed E-state index contributed by atoms with van der Waals surface area (Å²) in [6.45, 7) is 1.88. The monoisotopic (exact) mass is 311 g/mol. The Morgan fingerprint density at radius 3 is 2.83 bits per heavy atom. The van der Waals surface area contributed by atoms with Crippen LogP contribution in [0.25, 0.3) is 10.9 Å². The third-order valence-corrected chi connectivity index (χ3v) is 3.48. The molecule has 2 aromatic heterocycles. The molecule has 3 aromatic rings. The molecule has 118 valence electrons. The lowest BCUT2D eigenvalue weighted by Gasteiger charge is -2.03. The Morgan fingerprint density at radius 2 is 2.00 bits per heavy atom. The van der Waals surface area contributed by atoms with Gasteiger partial charge >= 0.3 is 0 Å². The van der Waals surface area contributed by atoms with Gasteiger partial charge in [-0.15, -0.1) is 0 Å². The second-order valence-corrected chi connectivity index (χ2v) is 5.21. The predicted octanol–water partition coefficient (Wildman–Crippen LogP) is 2.69. The van der Waals surface area contributed by atoms with Crippen molar-refractivity contribution >= 4 is 28.6 Å². The Kier molecular flexibility index (Phi) is 4.14. The fourth-order valence-corrected chi connectivity index (χ4v) is 2.44. The van der Waals surface area contributed by atoms with Crippen LogP contribution in [0.2, 0.25) is 0 Å². The third-order valence-electron chi connectivity index (χ3n) is 3.48. The van der Waals surface area contributed by atoms with E-state index in [0.717, 1.165) is 22.9 Å². The average Bonchev–Trinajstić information content (AvgIpc) is 3.14. The molecule has 0 spiro atoms. The lowest BCUT2D eigenvalue weighted by atomic mass is 10.1. The molecule has 3 N–H and O–H groups in total. The van der Waals surface area contributed by atoms with E-state index in [4.69, 9.17) is 4.42 Å². The Bertz CT molecular complexity index is 848. The molecule has 0 radical (unpaired) electrons.